The number of rotatable bonds is 3. The van der Waals surface area contributed by atoms with E-state index in [4.69, 9.17) is 10.8 Å². The van der Waals surface area contributed by atoms with Crippen molar-refractivity contribution < 1.29 is 9.90 Å². The quantitative estimate of drug-likeness (QED) is 0.862. The second-order valence-electron chi connectivity index (χ2n) is 3.38. The van der Waals surface area contributed by atoms with Gasteiger partial charge in [-0.15, -0.1) is 0 Å². The van der Waals surface area contributed by atoms with Gasteiger partial charge in [0.15, 0.2) is 0 Å². The second kappa shape index (κ2) is 4.06. The summed E-state index contributed by atoms with van der Waals surface area (Å²) in [6.07, 6.45) is 3.08. The van der Waals surface area contributed by atoms with Crippen LogP contribution in [0.1, 0.15) is 18.9 Å². The summed E-state index contributed by atoms with van der Waals surface area (Å²) in [6, 6.07) is 1.77. The molecule has 0 unspecified atom stereocenters. The van der Waals surface area contributed by atoms with Gasteiger partial charge in [0.2, 0.25) is 0 Å². The molecule has 3 N–H and O–H groups in total. The number of carbonyl (C=O) groups is 1. The van der Waals surface area contributed by atoms with Gasteiger partial charge in [0.1, 0.15) is 0 Å². The third-order valence-corrected chi connectivity index (χ3v) is 2.32. The van der Waals surface area contributed by atoms with E-state index in [2.05, 4.69) is 20.9 Å². The van der Waals surface area contributed by atoms with Gasteiger partial charge in [-0.2, -0.15) is 0 Å². The summed E-state index contributed by atoms with van der Waals surface area (Å²) in [5.41, 5.74) is 5.68. The van der Waals surface area contributed by atoms with Crippen molar-refractivity contribution in [3.8, 4) is 0 Å². The van der Waals surface area contributed by atoms with E-state index >= 15 is 0 Å². The Labute approximate surface area is 90.3 Å². The number of carboxylic acid groups (broad SMARTS) is 1. The van der Waals surface area contributed by atoms with Crippen molar-refractivity contribution in [3.63, 3.8) is 0 Å². The Morgan fingerprint density at radius 3 is 2.86 bits per heavy atom. The Hall–Kier alpha value is -0.940. The average Bonchev–Trinajstić information content (AvgIpc) is 2.01. The molecule has 76 valence electrons. The van der Waals surface area contributed by atoms with Crippen LogP contribution < -0.4 is 5.73 Å². The van der Waals surface area contributed by atoms with Gasteiger partial charge in [-0.1, -0.05) is 0 Å². The standard InChI is InChI=1S/C9H11BrN2O2/c1-9(11,3-8(13)14)6-2-7(10)5-12-4-6/h2,4-5H,3,11H2,1H3,(H,13,14)/t9-/m0/s1. The van der Waals surface area contributed by atoms with Crippen molar-refractivity contribution in [1.29, 1.82) is 0 Å². The van der Waals surface area contributed by atoms with E-state index in [1.807, 2.05) is 0 Å². The van der Waals surface area contributed by atoms with Gasteiger partial charge in [-0.25, -0.2) is 0 Å². The number of nitrogens with zero attached hydrogens (tertiary/aromatic N) is 1. The first kappa shape index (κ1) is 11.1. The van der Waals surface area contributed by atoms with Gasteiger partial charge in [-0.3, -0.25) is 9.78 Å². The summed E-state index contributed by atoms with van der Waals surface area (Å²) < 4.78 is 0.789. The molecule has 0 aliphatic carbocycles. The lowest BCUT2D eigenvalue weighted by Crippen LogP contribution is -2.35. The normalized spacial score (nSPS) is 14.8. The van der Waals surface area contributed by atoms with Crippen LogP contribution in [0.4, 0.5) is 0 Å². The molecule has 0 radical (unpaired) electrons. The Balaban J connectivity index is 2.97. The highest BCUT2D eigenvalue weighted by Crippen LogP contribution is 2.23. The van der Waals surface area contributed by atoms with Crippen LogP contribution in [-0.4, -0.2) is 16.1 Å². The molecule has 0 saturated carbocycles. The SMILES string of the molecule is C[C@](N)(CC(=O)O)c1cncc(Br)c1. The third-order valence-electron chi connectivity index (χ3n) is 1.88. The lowest BCUT2D eigenvalue weighted by molar-refractivity contribution is -0.138. The van der Waals surface area contributed by atoms with Gasteiger partial charge >= 0.3 is 5.97 Å². The van der Waals surface area contributed by atoms with Crippen molar-refractivity contribution >= 4 is 21.9 Å². The summed E-state index contributed by atoms with van der Waals surface area (Å²) in [4.78, 5) is 14.5. The van der Waals surface area contributed by atoms with Gasteiger partial charge in [0, 0.05) is 16.9 Å². The first-order valence-electron chi connectivity index (χ1n) is 4.03. The fourth-order valence-electron chi connectivity index (χ4n) is 1.14. The highest BCUT2D eigenvalue weighted by atomic mass is 79.9. The zero-order chi connectivity index (χ0) is 10.8. The molecule has 5 heteroatoms. The number of hydrogen-bond donors (Lipinski definition) is 2. The van der Waals surface area contributed by atoms with Crippen molar-refractivity contribution in [1.82, 2.24) is 4.98 Å². The van der Waals surface area contributed by atoms with Crippen LogP contribution in [0.5, 0.6) is 0 Å². The largest absolute Gasteiger partial charge is 0.481 e. The maximum Gasteiger partial charge on any atom is 0.305 e. The summed E-state index contributed by atoms with van der Waals surface area (Å²) in [7, 11) is 0. The summed E-state index contributed by atoms with van der Waals surface area (Å²) in [5.74, 6) is -0.921. The van der Waals surface area contributed by atoms with E-state index < -0.39 is 11.5 Å². The first-order chi connectivity index (χ1) is 6.42. The van der Waals surface area contributed by atoms with Crippen LogP contribution in [0.25, 0.3) is 0 Å². The number of aliphatic carboxylic acids is 1. The van der Waals surface area contributed by atoms with Crippen molar-refractivity contribution in [2.45, 2.75) is 18.9 Å². The van der Waals surface area contributed by atoms with Gasteiger partial charge in [0.05, 0.1) is 12.0 Å². The zero-order valence-corrected chi connectivity index (χ0v) is 9.28. The first-order valence-corrected chi connectivity index (χ1v) is 4.83. The van der Waals surface area contributed by atoms with Crippen LogP contribution in [0.2, 0.25) is 0 Å². The van der Waals surface area contributed by atoms with E-state index in [1.165, 1.54) is 0 Å². The lowest BCUT2D eigenvalue weighted by atomic mass is 9.91. The van der Waals surface area contributed by atoms with E-state index in [0.29, 0.717) is 5.56 Å². The number of nitrogens with two attached hydrogens (primary N) is 1. The molecule has 0 fully saturated rings. The number of halogens is 1. The maximum absolute atomic E-state index is 10.6. The Morgan fingerprint density at radius 1 is 1.71 bits per heavy atom. The molecule has 1 heterocycles. The fourth-order valence-corrected chi connectivity index (χ4v) is 1.51. The highest BCUT2D eigenvalue weighted by molar-refractivity contribution is 9.10. The molecule has 0 aromatic carbocycles. The van der Waals surface area contributed by atoms with Crippen LogP contribution >= 0.6 is 15.9 Å². The highest BCUT2D eigenvalue weighted by Gasteiger charge is 2.25. The molecule has 1 rings (SSSR count). The molecular formula is C9H11BrN2O2. The van der Waals surface area contributed by atoms with Gasteiger partial charge < -0.3 is 10.8 Å². The molecular weight excluding hydrogens is 248 g/mol. The predicted molar refractivity (Wildman–Crippen MR) is 55.7 cm³/mol. The van der Waals surface area contributed by atoms with Crippen molar-refractivity contribution in [2.75, 3.05) is 0 Å². The maximum atomic E-state index is 10.6. The minimum Gasteiger partial charge on any atom is -0.481 e. The van der Waals surface area contributed by atoms with E-state index in [-0.39, 0.29) is 6.42 Å². The van der Waals surface area contributed by atoms with Gasteiger partial charge in [-0.05, 0) is 34.5 Å². The molecule has 14 heavy (non-hydrogen) atoms. The number of hydrogen-bond acceptors (Lipinski definition) is 3. The van der Waals surface area contributed by atoms with Crippen LogP contribution in [-0.2, 0) is 10.3 Å². The van der Waals surface area contributed by atoms with Crippen molar-refractivity contribution in [3.05, 3.63) is 28.5 Å². The zero-order valence-electron chi connectivity index (χ0n) is 7.70. The number of carboxylic acids is 1. The molecule has 0 aliphatic heterocycles. The molecule has 0 saturated heterocycles. The Kier molecular flexibility index (Phi) is 3.23. The molecule has 0 bridgehead atoms. The number of aromatic nitrogens is 1. The third kappa shape index (κ3) is 2.78. The average molecular weight is 259 g/mol. The molecule has 4 nitrogen and oxygen atoms in total. The minimum absolute atomic E-state index is 0.120. The van der Waals surface area contributed by atoms with Gasteiger partial charge in [0.25, 0.3) is 0 Å². The molecule has 1 aromatic heterocycles. The van der Waals surface area contributed by atoms with E-state index in [9.17, 15) is 4.79 Å². The minimum atomic E-state index is -0.921. The van der Waals surface area contributed by atoms with Crippen LogP contribution in [0.3, 0.4) is 0 Å². The molecule has 0 aliphatic rings. The van der Waals surface area contributed by atoms with Crippen LogP contribution in [0.15, 0.2) is 22.9 Å². The van der Waals surface area contributed by atoms with E-state index in [1.54, 1.807) is 25.4 Å². The molecule has 0 spiro atoms. The fraction of sp³-hybridized carbons (Fsp3) is 0.333. The van der Waals surface area contributed by atoms with E-state index in [0.717, 1.165) is 4.47 Å². The number of pyridine rings is 1. The smallest absolute Gasteiger partial charge is 0.305 e. The summed E-state index contributed by atoms with van der Waals surface area (Å²) >= 11 is 3.26. The topological polar surface area (TPSA) is 76.2 Å². The summed E-state index contributed by atoms with van der Waals surface area (Å²) in [6.45, 7) is 1.67. The monoisotopic (exact) mass is 258 g/mol. The Bertz CT molecular complexity index is 352. The molecule has 1 atom stereocenters. The summed E-state index contributed by atoms with van der Waals surface area (Å²) in [5, 5.41) is 8.67. The predicted octanol–water partition coefficient (Wildman–Crippen LogP) is 1.49. The lowest BCUT2D eigenvalue weighted by Gasteiger charge is -2.22. The Morgan fingerprint density at radius 2 is 2.36 bits per heavy atom. The second-order valence-corrected chi connectivity index (χ2v) is 4.30. The van der Waals surface area contributed by atoms with Crippen molar-refractivity contribution in [2.24, 2.45) is 5.73 Å². The molecule has 0 amide bonds. The van der Waals surface area contributed by atoms with Crippen LogP contribution in [0, 0.1) is 0 Å². The molecule has 1 aromatic rings.